The number of unbranched alkanes of at least 4 members (excludes halogenated alkanes) is 6. The van der Waals surface area contributed by atoms with Gasteiger partial charge >= 0.3 is 0 Å². The van der Waals surface area contributed by atoms with E-state index in [1.807, 2.05) is 13.8 Å². The van der Waals surface area contributed by atoms with E-state index in [-0.39, 0.29) is 5.91 Å². The van der Waals surface area contributed by atoms with E-state index in [1.54, 1.807) is 0 Å². The zero-order valence-electron chi connectivity index (χ0n) is 17.6. The van der Waals surface area contributed by atoms with Crippen molar-refractivity contribution in [3.05, 3.63) is 53.2 Å². The minimum Gasteiger partial charge on any atom is -0.302 e. The number of amides is 1. The van der Waals surface area contributed by atoms with Crippen molar-refractivity contribution in [2.24, 2.45) is 5.41 Å². The van der Waals surface area contributed by atoms with Crippen LogP contribution in [-0.4, -0.2) is 5.91 Å². The van der Waals surface area contributed by atoms with Gasteiger partial charge in [0.1, 0.15) is 0 Å². The van der Waals surface area contributed by atoms with Crippen LogP contribution in [0.2, 0.25) is 0 Å². The Morgan fingerprint density at radius 1 is 0.929 bits per heavy atom. The molecule has 28 heavy (non-hydrogen) atoms. The maximum absolute atomic E-state index is 12.0. The Bertz CT molecular complexity index is 851. The molecule has 2 N–H and O–H groups in total. The van der Waals surface area contributed by atoms with E-state index in [1.165, 1.54) is 61.3 Å². The SMILES string of the molecule is CCCCCCCCCc1ccc2c(/C=C3\NNC(=O)C3(C)C)cccc2c1. The number of hydrogen-bond donors (Lipinski definition) is 2. The number of carbonyl (C=O) groups excluding carboxylic acids is 1. The zero-order valence-corrected chi connectivity index (χ0v) is 17.6. The van der Waals surface area contributed by atoms with E-state index in [2.05, 4.69) is 60.2 Å². The Kier molecular flexibility index (Phi) is 6.77. The molecule has 2 aromatic carbocycles. The second-order valence-electron chi connectivity index (χ2n) is 8.54. The van der Waals surface area contributed by atoms with Crippen LogP contribution < -0.4 is 10.9 Å². The molecule has 3 nitrogen and oxygen atoms in total. The van der Waals surface area contributed by atoms with Gasteiger partial charge in [-0.05, 0) is 54.7 Å². The summed E-state index contributed by atoms with van der Waals surface area (Å²) in [5.74, 6) is 0.0102. The van der Waals surface area contributed by atoms with Gasteiger partial charge in [-0.25, -0.2) is 0 Å². The molecule has 3 heteroatoms. The molecule has 0 bridgehead atoms. The first-order valence-corrected chi connectivity index (χ1v) is 10.8. The Labute approximate surface area is 169 Å². The average Bonchev–Trinajstić information content (AvgIpc) is 2.94. The third-order valence-corrected chi connectivity index (χ3v) is 5.90. The number of carbonyl (C=O) groups is 1. The van der Waals surface area contributed by atoms with Gasteiger partial charge in [0.25, 0.3) is 0 Å². The van der Waals surface area contributed by atoms with Crippen LogP contribution in [0.3, 0.4) is 0 Å². The van der Waals surface area contributed by atoms with Gasteiger partial charge in [0, 0.05) is 5.70 Å². The van der Waals surface area contributed by atoms with E-state index in [0.29, 0.717) is 0 Å². The molecule has 0 radical (unpaired) electrons. The summed E-state index contributed by atoms with van der Waals surface area (Å²) in [4.78, 5) is 12.0. The molecular formula is C25H34N2O. The highest BCUT2D eigenvalue weighted by Crippen LogP contribution is 2.31. The van der Waals surface area contributed by atoms with E-state index in [0.717, 1.165) is 17.7 Å². The summed E-state index contributed by atoms with van der Waals surface area (Å²) in [5, 5.41) is 2.50. The zero-order chi connectivity index (χ0) is 20.0. The first-order valence-electron chi connectivity index (χ1n) is 10.8. The van der Waals surface area contributed by atoms with Crippen molar-refractivity contribution in [2.45, 2.75) is 72.1 Å². The summed E-state index contributed by atoms with van der Waals surface area (Å²) in [6.07, 6.45) is 12.7. The van der Waals surface area contributed by atoms with Gasteiger partial charge < -0.3 is 5.43 Å². The van der Waals surface area contributed by atoms with Crippen LogP contribution in [0.1, 0.15) is 76.8 Å². The molecule has 3 rings (SSSR count). The number of fused-ring (bicyclic) bond motifs is 1. The number of aryl methyl sites for hydroxylation is 1. The Hall–Kier alpha value is -2.29. The average molecular weight is 379 g/mol. The highest BCUT2D eigenvalue weighted by Gasteiger charge is 2.37. The number of nitrogens with one attached hydrogen (secondary N) is 2. The largest absolute Gasteiger partial charge is 0.302 e. The van der Waals surface area contributed by atoms with Gasteiger partial charge in [0.05, 0.1) is 5.41 Å². The van der Waals surface area contributed by atoms with Gasteiger partial charge in [-0.1, -0.05) is 81.8 Å². The van der Waals surface area contributed by atoms with Crippen molar-refractivity contribution in [1.82, 2.24) is 10.9 Å². The van der Waals surface area contributed by atoms with E-state index >= 15 is 0 Å². The Morgan fingerprint density at radius 3 is 2.39 bits per heavy atom. The van der Waals surface area contributed by atoms with Crippen molar-refractivity contribution in [2.75, 3.05) is 0 Å². The van der Waals surface area contributed by atoms with Crippen LogP contribution in [0, 0.1) is 5.41 Å². The number of hydrogen-bond acceptors (Lipinski definition) is 2. The molecule has 2 aromatic rings. The summed E-state index contributed by atoms with van der Waals surface area (Å²) in [5.41, 5.74) is 8.71. The first-order chi connectivity index (χ1) is 13.5. The number of benzene rings is 2. The fourth-order valence-electron chi connectivity index (χ4n) is 3.86. The minimum absolute atomic E-state index is 0.0102. The van der Waals surface area contributed by atoms with Crippen LogP contribution in [0.4, 0.5) is 0 Å². The van der Waals surface area contributed by atoms with Gasteiger partial charge in [-0.3, -0.25) is 10.2 Å². The molecule has 1 aliphatic heterocycles. The lowest BCUT2D eigenvalue weighted by molar-refractivity contribution is -0.125. The third kappa shape index (κ3) is 4.76. The van der Waals surface area contributed by atoms with Crippen LogP contribution in [0.15, 0.2) is 42.1 Å². The van der Waals surface area contributed by atoms with Crippen LogP contribution >= 0.6 is 0 Å². The summed E-state index contributed by atoms with van der Waals surface area (Å²) in [6.45, 7) is 6.16. The molecular weight excluding hydrogens is 344 g/mol. The fourth-order valence-corrected chi connectivity index (χ4v) is 3.86. The molecule has 1 amide bonds. The molecule has 150 valence electrons. The normalized spacial score (nSPS) is 17.1. The standard InChI is InChI=1S/C25H34N2O/c1-4-5-6-7-8-9-10-12-19-15-16-22-20(17-19)13-11-14-21(22)18-23-25(2,3)24(28)27-26-23/h11,13-18,26H,4-10,12H2,1-3H3,(H,27,28)/b23-18-. The predicted molar refractivity (Wildman–Crippen MR) is 119 cm³/mol. The van der Waals surface area contributed by atoms with Crippen LogP contribution in [0.5, 0.6) is 0 Å². The van der Waals surface area contributed by atoms with Crippen molar-refractivity contribution in [1.29, 1.82) is 0 Å². The molecule has 0 atom stereocenters. The lowest BCUT2D eigenvalue weighted by Gasteiger charge is -2.15. The van der Waals surface area contributed by atoms with Crippen molar-refractivity contribution >= 4 is 22.8 Å². The molecule has 1 fully saturated rings. The fraction of sp³-hybridized carbons (Fsp3) is 0.480. The number of rotatable bonds is 9. The van der Waals surface area contributed by atoms with Crippen LogP contribution in [0.25, 0.3) is 16.8 Å². The van der Waals surface area contributed by atoms with Gasteiger partial charge in [-0.2, -0.15) is 0 Å². The lowest BCUT2D eigenvalue weighted by Crippen LogP contribution is -2.28. The van der Waals surface area contributed by atoms with Gasteiger partial charge in [0.15, 0.2) is 0 Å². The maximum Gasteiger partial charge on any atom is 0.249 e. The molecule has 0 aliphatic carbocycles. The second kappa shape index (κ2) is 9.27. The number of hydrazine groups is 1. The molecule has 0 spiro atoms. The highest BCUT2D eigenvalue weighted by molar-refractivity contribution is 5.94. The monoisotopic (exact) mass is 378 g/mol. The van der Waals surface area contributed by atoms with Crippen molar-refractivity contribution in [3.63, 3.8) is 0 Å². The summed E-state index contributed by atoms with van der Waals surface area (Å²) < 4.78 is 0. The lowest BCUT2D eigenvalue weighted by atomic mass is 9.88. The molecule has 0 aromatic heterocycles. The Balaban J connectivity index is 1.67. The molecule has 0 saturated carbocycles. The predicted octanol–water partition coefficient (Wildman–Crippen LogP) is 6.13. The third-order valence-electron chi connectivity index (χ3n) is 5.90. The van der Waals surface area contributed by atoms with E-state index in [4.69, 9.17) is 0 Å². The molecule has 1 aliphatic rings. The summed E-state index contributed by atoms with van der Waals surface area (Å²) >= 11 is 0. The summed E-state index contributed by atoms with van der Waals surface area (Å²) in [7, 11) is 0. The minimum atomic E-state index is -0.529. The first kappa shape index (κ1) is 20.4. The second-order valence-corrected chi connectivity index (χ2v) is 8.54. The smallest absolute Gasteiger partial charge is 0.249 e. The quantitative estimate of drug-likeness (QED) is 0.515. The van der Waals surface area contributed by atoms with Gasteiger partial charge in [-0.15, -0.1) is 0 Å². The molecule has 0 unspecified atom stereocenters. The highest BCUT2D eigenvalue weighted by atomic mass is 16.2. The van der Waals surface area contributed by atoms with E-state index < -0.39 is 5.41 Å². The van der Waals surface area contributed by atoms with Gasteiger partial charge in [0.2, 0.25) is 5.91 Å². The van der Waals surface area contributed by atoms with Crippen molar-refractivity contribution < 1.29 is 4.79 Å². The van der Waals surface area contributed by atoms with Crippen LogP contribution in [-0.2, 0) is 11.2 Å². The molecule has 1 heterocycles. The Morgan fingerprint density at radius 2 is 1.68 bits per heavy atom. The molecule has 1 saturated heterocycles. The topological polar surface area (TPSA) is 41.1 Å². The van der Waals surface area contributed by atoms with E-state index in [9.17, 15) is 4.79 Å². The van der Waals surface area contributed by atoms with Crippen molar-refractivity contribution in [3.8, 4) is 0 Å². The maximum atomic E-state index is 12.0. The summed E-state index contributed by atoms with van der Waals surface area (Å²) in [6, 6.07) is 13.2.